The summed E-state index contributed by atoms with van der Waals surface area (Å²) in [5.74, 6) is 0.335. The van der Waals surface area contributed by atoms with E-state index in [1.807, 2.05) is 0 Å². The van der Waals surface area contributed by atoms with Gasteiger partial charge < -0.3 is 0 Å². The summed E-state index contributed by atoms with van der Waals surface area (Å²) >= 11 is 0. The second-order valence-corrected chi connectivity index (χ2v) is 10.4. The molecule has 178 valence electrons. The van der Waals surface area contributed by atoms with Crippen LogP contribution in [0.1, 0.15) is 17.9 Å². The predicted octanol–water partition coefficient (Wildman–Crippen LogP) is 8.71. The molecule has 0 heteroatoms. The average Bonchev–Trinajstić information content (AvgIpc) is 2.99. The van der Waals surface area contributed by atoms with Crippen LogP contribution in [-0.4, -0.2) is 0 Å². The quantitative estimate of drug-likeness (QED) is 0.171. The Kier molecular flexibility index (Phi) is 4.75. The summed E-state index contributed by atoms with van der Waals surface area (Å²) in [5.41, 5.74) is 4.08. The number of fused-ring (bicyclic) bond motifs is 6. The number of hydrogen-bond acceptors (Lipinski definition) is 0. The van der Waals surface area contributed by atoms with Crippen LogP contribution in [0.5, 0.6) is 0 Å². The molecular formula is C38H26. The van der Waals surface area contributed by atoms with E-state index in [1.165, 1.54) is 70.2 Å². The van der Waals surface area contributed by atoms with Crippen molar-refractivity contribution in [1.82, 2.24) is 0 Å². The van der Waals surface area contributed by atoms with Crippen LogP contribution < -0.4 is 10.4 Å². The summed E-state index contributed by atoms with van der Waals surface area (Å²) in [6.45, 7) is 0. The van der Waals surface area contributed by atoms with Gasteiger partial charge in [-0.25, -0.2) is 0 Å². The summed E-state index contributed by atoms with van der Waals surface area (Å²) < 4.78 is 0. The van der Waals surface area contributed by atoms with Gasteiger partial charge in [0, 0.05) is 5.92 Å². The normalized spacial score (nSPS) is 14.9. The molecule has 0 N–H and O–H groups in total. The Morgan fingerprint density at radius 1 is 0.447 bits per heavy atom. The first-order valence-corrected chi connectivity index (χ1v) is 13.5. The van der Waals surface area contributed by atoms with E-state index in [4.69, 9.17) is 0 Å². The fraction of sp³-hybridized carbons (Fsp3) is 0.0526. The Morgan fingerprint density at radius 2 is 0.974 bits per heavy atom. The lowest BCUT2D eigenvalue weighted by molar-refractivity contribution is 0.940. The van der Waals surface area contributed by atoms with Gasteiger partial charge in [-0.3, -0.25) is 0 Å². The number of hydrogen-bond donors (Lipinski definition) is 0. The van der Waals surface area contributed by atoms with Gasteiger partial charge in [-0.15, -0.1) is 0 Å². The monoisotopic (exact) mass is 482 g/mol. The fourth-order valence-corrected chi connectivity index (χ4v) is 6.70. The molecule has 0 saturated heterocycles. The molecule has 38 heavy (non-hydrogen) atoms. The van der Waals surface area contributed by atoms with Gasteiger partial charge >= 0.3 is 0 Å². The van der Waals surface area contributed by atoms with Crippen LogP contribution in [0, 0.1) is 0 Å². The second-order valence-electron chi connectivity index (χ2n) is 10.4. The zero-order valence-electron chi connectivity index (χ0n) is 21.1. The minimum atomic E-state index is 0.335. The van der Waals surface area contributed by atoms with E-state index in [2.05, 4.69) is 140 Å². The van der Waals surface area contributed by atoms with Crippen molar-refractivity contribution in [1.29, 1.82) is 0 Å². The second kappa shape index (κ2) is 8.43. The third-order valence-corrected chi connectivity index (χ3v) is 8.35. The molecule has 0 saturated carbocycles. The standard InChI is InChI=1S/C38H26/c1-2-12-26-23-28(22-21-25(26)11-1)37-32-17-7-9-19-34(32)38(35-20-10-8-18-33(35)37)36-24-27-13-3-4-14-29(27)30-15-5-6-16-31(30)36/h1-21,23-24,28H,22H2. The first-order valence-electron chi connectivity index (χ1n) is 13.5. The Labute approximate surface area is 221 Å². The molecule has 7 aromatic carbocycles. The molecule has 0 radical (unpaired) electrons. The molecule has 0 aliphatic heterocycles. The Bertz CT molecular complexity index is 2110. The van der Waals surface area contributed by atoms with Gasteiger partial charge in [0.05, 0.1) is 0 Å². The maximum absolute atomic E-state index is 2.48. The van der Waals surface area contributed by atoms with Crippen molar-refractivity contribution in [3.05, 3.63) is 143 Å². The van der Waals surface area contributed by atoms with Gasteiger partial charge in [0.15, 0.2) is 0 Å². The zero-order chi connectivity index (χ0) is 25.1. The van der Waals surface area contributed by atoms with Crippen molar-refractivity contribution in [3.8, 4) is 11.1 Å². The average molecular weight is 483 g/mol. The molecule has 8 rings (SSSR count). The Balaban J connectivity index is 1.52. The molecule has 0 bridgehead atoms. The first kappa shape index (κ1) is 21.4. The third-order valence-electron chi connectivity index (χ3n) is 8.35. The van der Waals surface area contributed by atoms with Crippen LogP contribution in [-0.2, 0) is 0 Å². The maximum atomic E-state index is 2.48. The molecule has 1 aliphatic rings. The topological polar surface area (TPSA) is 0 Å². The molecule has 0 spiro atoms. The molecule has 0 nitrogen and oxygen atoms in total. The van der Waals surface area contributed by atoms with E-state index >= 15 is 0 Å². The summed E-state index contributed by atoms with van der Waals surface area (Å²) in [5, 5.41) is 13.2. The lowest BCUT2D eigenvalue weighted by Crippen LogP contribution is -2.27. The summed E-state index contributed by atoms with van der Waals surface area (Å²) in [7, 11) is 0. The Hall–Kier alpha value is -4.68. The van der Waals surface area contributed by atoms with Crippen molar-refractivity contribution in [3.63, 3.8) is 0 Å². The third kappa shape index (κ3) is 3.17. The molecule has 0 amide bonds. The van der Waals surface area contributed by atoms with E-state index in [0.29, 0.717) is 5.92 Å². The number of benzene rings is 7. The van der Waals surface area contributed by atoms with Crippen LogP contribution in [0.2, 0.25) is 0 Å². The van der Waals surface area contributed by atoms with Crippen molar-refractivity contribution in [2.75, 3.05) is 0 Å². The van der Waals surface area contributed by atoms with Crippen LogP contribution in [0.25, 0.3) is 66.4 Å². The van der Waals surface area contributed by atoms with Gasteiger partial charge in [0.2, 0.25) is 0 Å². The van der Waals surface area contributed by atoms with Crippen molar-refractivity contribution in [2.45, 2.75) is 12.3 Å². The van der Waals surface area contributed by atoms with Crippen LogP contribution in [0.3, 0.4) is 0 Å². The van der Waals surface area contributed by atoms with Crippen molar-refractivity contribution in [2.24, 2.45) is 0 Å². The van der Waals surface area contributed by atoms with Gasteiger partial charge in [-0.05, 0) is 82.7 Å². The zero-order valence-corrected chi connectivity index (χ0v) is 21.1. The van der Waals surface area contributed by atoms with Gasteiger partial charge in [-0.2, -0.15) is 0 Å². The molecule has 0 heterocycles. The van der Waals surface area contributed by atoms with Crippen molar-refractivity contribution < 1.29 is 0 Å². The van der Waals surface area contributed by atoms with E-state index in [9.17, 15) is 0 Å². The molecule has 1 unspecified atom stereocenters. The summed E-state index contributed by atoms with van der Waals surface area (Å²) in [6, 6.07) is 46.9. The molecule has 0 fully saturated rings. The highest BCUT2D eigenvalue weighted by molar-refractivity contribution is 6.22. The largest absolute Gasteiger partial charge is 0.0758 e. The van der Waals surface area contributed by atoms with Crippen LogP contribution in [0.4, 0.5) is 0 Å². The Morgan fingerprint density at radius 3 is 1.68 bits per heavy atom. The van der Waals surface area contributed by atoms with Gasteiger partial charge in [0.1, 0.15) is 0 Å². The first-order chi connectivity index (χ1) is 18.9. The van der Waals surface area contributed by atoms with Crippen LogP contribution >= 0.6 is 0 Å². The predicted molar refractivity (Wildman–Crippen MR) is 164 cm³/mol. The van der Waals surface area contributed by atoms with E-state index < -0.39 is 0 Å². The highest BCUT2D eigenvalue weighted by atomic mass is 14.2. The van der Waals surface area contributed by atoms with Crippen LogP contribution in [0.15, 0.2) is 127 Å². The number of rotatable bonds is 2. The molecule has 7 aromatic rings. The molecule has 1 atom stereocenters. The fourth-order valence-electron chi connectivity index (χ4n) is 6.70. The highest BCUT2D eigenvalue weighted by Gasteiger charge is 2.22. The minimum Gasteiger partial charge on any atom is -0.0758 e. The molecule has 1 aliphatic carbocycles. The van der Waals surface area contributed by atoms with E-state index in [-0.39, 0.29) is 0 Å². The smallest absolute Gasteiger partial charge is 0.00743 e. The lowest BCUT2D eigenvalue weighted by Gasteiger charge is -2.23. The van der Waals surface area contributed by atoms with Gasteiger partial charge in [0.25, 0.3) is 0 Å². The van der Waals surface area contributed by atoms with E-state index in [1.54, 1.807) is 0 Å². The summed E-state index contributed by atoms with van der Waals surface area (Å²) in [6.07, 6.45) is 5.91. The van der Waals surface area contributed by atoms with Gasteiger partial charge in [-0.1, -0.05) is 133 Å². The van der Waals surface area contributed by atoms with E-state index in [0.717, 1.165) is 6.42 Å². The minimum absolute atomic E-state index is 0.335. The van der Waals surface area contributed by atoms with Crippen molar-refractivity contribution >= 4 is 55.2 Å². The summed E-state index contributed by atoms with van der Waals surface area (Å²) in [4.78, 5) is 0. The molecule has 0 aromatic heterocycles. The lowest BCUT2D eigenvalue weighted by atomic mass is 9.80. The SMILES string of the molecule is C1=c2ccccc2=CC(c2c3ccccc3c(-c3cc4ccccc4c4ccccc34)c3ccccc23)C1. The highest BCUT2D eigenvalue weighted by Crippen LogP contribution is 2.46. The maximum Gasteiger partial charge on any atom is 0.00743 e. The molecular weight excluding hydrogens is 456 g/mol.